The number of nitrogens with one attached hydrogen (secondary N) is 1. The zero-order valence-electron chi connectivity index (χ0n) is 10.1. The highest BCUT2D eigenvalue weighted by atomic mass is 32.2. The molecule has 96 valence electrons. The van der Waals surface area contributed by atoms with Crippen molar-refractivity contribution < 1.29 is 14.3 Å². The van der Waals surface area contributed by atoms with Crippen molar-refractivity contribution in [2.75, 3.05) is 11.5 Å². The summed E-state index contributed by atoms with van der Waals surface area (Å²) in [6, 6.07) is 8.93. The summed E-state index contributed by atoms with van der Waals surface area (Å²) in [7, 11) is 0. The van der Waals surface area contributed by atoms with Crippen molar-refractivity contribution in [2.24, 2.45) is 0 Å². The Kier molecular flexibility index (Phi) is 4.25. The minimum Gasteiger partial charge on any atom is -0.459 e. The van der Waals surface area contributed by atoms with Crippen LogP contribution in [0.4, 0.5) is 0 Å². The van der Waals surface area contributed by atoms with E-state index in [1.807, 2.05) is 18.2 Å². The maximum atomic E-state index is 12.0. The van der Waals surface area contributed by atoms with E-state index in [2.05, 4.69) is 5.32 Å². The lowest BCUT2D eigenvalue weighted by Crippen LogP contribution is -2.44. The second-order valence-electron chi connectivity index (χ2n) is 4.13. The number of carbonyl (C=O) groups is 2. The molecule has 0 aromatic heterocycles. The highest BCUT2D eigenvalue weighted by Gasteiger charge is 2.31. The molecule has 1 aromatic rings. The monoisotopic (exact) mass is 265 g/mol. The zero-order valence-corrected chi connectivity index (χ0v) is 10.9. The Morgan fingerprint density at radius 2 is 2.00 bits per heavy atom. The first kappa shape index (κ1) is 13.0. The average Bonchev–Trinajstić information content (AvgIpc) is 2.77. The van der Waals surface area contributed by atoms with Gasteiger partial charge in [-0.25, -0.2) is 0 Å². The summed E-state index contributed by atoms with van der Waals surface area (Å²) >= 11 is 1.68. The number of ether oxygens (including phenoxy) is 1. The molecule has 1 aliphatic heterocycles. The van der Waals surface area contributed by atoms with Crippen molar-refractivity contribution in [2.45, 2.75) is 19.1 Å². The molecule has 0 spiro atoms. The third kappa shape index (κ3) is 3.26. The Morgan fingerprint density at radius 3 is 2.67 bits per heavy atom. The minimum absolute atomic E-state index is 0.105. The van der Waals surface area contributed by atoms with Crippen LogP contribution in [0.15, 0.2) is 30.3 Å². The molecule has 1 N–H and O–H groups in total. The molecular formula is C13H15NO3S. The van der Waals surface area contributed by atoms with E-state index in [1.165, 1.54) is 6.92 Å². The third-order valence-electron chi connectivity index (χ3n) is 2.70. The molecule has 1 amide bonds. The standard InChI is InChI=1S/C13H15NO3S/c1-9(15)17-12-8-18-7-11(12)14-13(16)10-5-3-2-4-6-10/h2-6,11-12H,7-8H2,1H3,(H,14,16)/t11-,12+/m0/s1. The van der Waals surface area contributed by atoms with Crippen molar-refractivity contribution in [1.29, 1.82) is 0 Å². The van der Waals surface area contributed by atoms with Crippen molar-refractivity contribution in [1.82, 2.24) is 5.32 Å². The number of hydrogen-bond donors (Lipinski definition) is 1. The Balaban J connectivity index is 1.96. The van der Waals surface area contributed by atoms with Crippen LogP contribution in [0.1, 0.15) is 17.3 Å². The van der Waals surface area contributed by atoms with Crippen LogP contribution in [0.2, 0.25) is 0 Å². The topological polar surface area (TPSA) is 55.4 Å². The fourth-order valence-electron chi connectivity index (χ4n) is 1.84. The van der Waals surface area contributed by atoms with E-state index in [9.17, 15) is 9.59 Å². The predicted octanol–water partition coefficient (Wildman–Crippen LogP) is 1.46. The molecule has 1 aromatic carbocycles. The fourth-order valence-corrected chi connectivity index (χ4v) is 3.06. The Hall–Kier alpha value is -1.49. The molecule has 0 bridgehead atoms. The van der Waals surface area contributed by atoms with Crippen LogP contribution < -0.4 is 5.32 Å². The van der Waals surface area contributed by atoms with Crippen LogP contribution in [0.3, 0.4) is 0 Å². The van der Waals surface area contributed by atoms with Crippen molar-refractivity contribution in [3.63, 3.8) is 0 Å². The molecule has 0 radical (unpaired) electrons. The molecule has 4 nitrogen and oxygen atoms in total. The lowest BCUT2D eigenvalue weighted by molar-refractivity contribution is -0.145. The van der Waals surface area contributed by atoms with E-state index in [4.69, 9.17) is 4.74 Å². The van der Waals surface area contributed by atoms with Crippen LogP contribution in [0.25, 0.3) is 0 Å². The molecule has 1 fully saturated rings. The second-order valence-corrected chi connectivity index (χ2v) is 5.21. The molecule has 2 atom stereocenters. The van der Waals surface area contributed by atoms with Gasteiger partial charge in [0.2, 0.25) is 0 Å². The maximum Gasteiger partial charge on any atom is 0.303 e. The SMILES string of the molecule is CC(=O)O[C@@H]1CSC[C@@H]1NC(=O)c1ccccc1. The largest absolute Gasteiger partial charge is 0.459 e. The molecule has 18 heavy (non-hydrogen) atoms. The van der Waals surface area contributed by atoms with E-state index in [0.29, 0.717) is 5.56 Å². The first-order valence-electron chi connectivity index (χ1n) is 5.77. The quantitative estimate of drug-likeness (QED) is 0.841. The number of amides is 1. The maximum absolute atomic E-state index is 12.0. The second kappa shape index (κ2) is 5.91. The van der Waals surface area contributed by atoms with Crippen LogP contribution in [0.5, 0.6) is 0 Å². The van der Waals surface area contributed by atoms with Gasteiger partial charge in [0.15, 0.2) is 0 Å². The summed E-state index contributed by atoms with van der Waals surface area (Å²) in [4.78, 5) is 22.9. The van der Waals surface area contributed by atoms with Gasteiger partial charge in [-0.05, 0) is 12.1 Å². The predicted molar refractivity (Wildman–Crippen MR) is 70.6 cm³/mol. The van der Waals surface area contributed by atoms with Gasteiger partial charge in [-0.2, -0.15) is 11.8 Å². The van der Waals surface area contributed by atoms with Gasteiger partial charge >= 0.3 is 5.97 Å². The first-order valence-corrected chi connectivity index (χ1v) is 6.93. The van der Waals surface area contributed by atoms with Gasteiger partial charge in [-0.15, -0.1) is 0 Å². The lowest BCUT2D eigenvalue weighted by Gasteiger charge is -2.19. The summed E-state index contributed by atoms with van der Waals surface area (Å²) in [6.07, 6.45) is -0.222. The van der Waals surface area contributed by atoms with Gasteiger partial charge in [-0.3, -0.25) is 9.59 Å². The van der Waals surface area contributed by atoms with Gasteiger partial charge in [0.1, 0.15) is 6.10 Å². The molecule has 1 saturated heterocycles. The number of hydrogen-bond acceptors (Lipinski definition) is 4. The van der Waals surface area contributed by atoms with Crippen molar-refractivity contribution >= 4 is 23.6 Å². The van der Waals surface area contributed by atoms with E-state index in [1.54, 1.807) is 23.9 Å². The smallest absolute Gasteiger partial charge is 0.303 e. The number of esters is 1. The molecule has 1 aliphatic rings. The average molecular weight is 265 g/mol. The number of carbonyl (C=O) groups excluding carboxylic acids is 2. The Morgan fingerprint density at radius 1 is 1.28 bits per heavy atom. The molecule has 2 rings (SSSR count). The molecular weight excluding hydrogens is 250 g/mol. The van der Waals surface area contributed by atoms with Gasteiger partial charge < -0.3 is 10.1 Å². The van der Waals surface area contributed by atoms with Crippen LogP contribution in [-0.2, 0) is 9.53 Å². The van der Waals surface area contributed by atoms with Gasteiger partial charge in [0.05, 0.1) is 6.04 Å². The minimum atomic E-state index is -0.304. The lowest BCUT2D eigenvalue weighted by atomic mass is 10.1. The van der Waals surface area contributed by atoms with Gasteiger partial charge in [0, 0.05) is 24.0 Å². The van der Waals surface area contributed by atoms with E-state index in [0.717, 1.165) is 11.5 Å². The highest BCUT2D eigenvalue weighted by molar-refractivity contribution is 7.99. The van der Waals surface area contributed by atoms with E-state index in [-0.39, 0.29) is 24.0 Å². The van der Waals surface area contributed by atoms with Gasteiger partial charge in [-0.1, -0.05) is 18.2 Å². The summed E-state index contributed by atoms with van der Waals surface area (Å²) in [5, 5.41) is 2.91. The summed E-state index contributed by atoms with van der Waals surface area (Å²) in [5.41, 5.74) is 0.621. The molecule has 0 unspecified atom stereocenters. The normalized spacial score (nSPS) is 22.5. The number of benzene rings is 1. The molecule has 0 saturated carbocycles. The Labute approximate surface area is 110 Å². The van der Waals surface area contributed by atoms with Crippen molar-refractivity contribution in [3.05, 3.63) is 35.9 Å². The molecule has 1 heterocycles. The zero-order chi connectivity index (χ0) is 13.0. The van der Waals surface area contributed by atoms with Crippen LogP contribution in [0, 0.1) is 0 Å². The number of rotatable bonds is 3. The summed E-state index contributed by atoms with van der Waals surface area (Å²) in [5.74, 6) is 1.08. The molecule has 0 aliphatic carbocycles. The highest BCUT2D eigenvalue weighted by Crippen LogP contribution is 2.21. The number of thioether (sulfide) groups is 1. The first-order chi connectivity index (χ1) is 8.66. The van der Waals surface area contributed by atoms with Gasteiger partial charge in [0.25, 0.3) is 5.91 Å². The van der Waals surface area contributed by atoms with Crippen LogP contribution in [-0.4, -0.2) is 35.5 Å². The third-order valence-corrected chi connectivity index (χ3v) is 3.86. The fraction of sp³-hybridized carbons (Fsp3) is 0.385. The Bertz CT molecular complexity index is 435. The van der Waals surface area contributed by atoms with Crippen molar-refractivity contribution in [3.8, 4) is 0 Å². The van der Waals surface area contributed by atoms with E-state index < -0.39 is 0 Å². The van der Waals surface area contributed by atoms with E-state index >= 15 is 0 Å². The summed E-state index contributed by atoms with van der Waals surface area (Å²) in [6.45, 7) is 1.39. The van der Waals surface area contributed by atoms with Crippen LogP contribution >= 0.6 is 11.8 Å². The summed E-state index contributed by atoms with van der Waals surface area (Å²) < 4.78 is 5.19. The molecule has 5 heteroatoms.